The number of hydrogen-bond donors (Lipinski definition) is 0. The minimum Gasteiger partial charge on any atom is -0.343 e. The zero-order chi connectivity index (χ0) is 22.6. The molecule has 0 saturated carbocycles. The lowest BCUT2D eigenvalue weighted by Crippen LogP contribution is -2.40. The molecule has 7 heteroatoms. The molecule has 0 atom stereocenters. The molecule has 172 valence electrons. The first-order valence-electron chi connectivity index (χ1n) is 11.8. The third-order valence-corrected chi connectivity index (χ3v) is 8.65. The van der Waals surface area contributed by atoms with E-state index in [0.717, 1.165) is 77.9 Å². The van der Waals surface area contributed by atoms with Gasteiger partial charge in [0.15, 0.2) is 0 Å². The van der Waals surface area contributed by atoms with Crippen molar-refractivity contribution in [3.8, 4) is 21.1 Å². The first-order chi connectivity index (χ1) is 16.2. The average molecular weight is 480 g/mol. The summed E-state index contributed by atoms with van der Waals surface area (Å²) in [5.74, 6) is 0.869. The highest BCUT2D eigenvalue weighted by molar-refractivity contribution is 7.17. The van der Waals surface area contributed by atoms with Gasteiger partial charge >= 0.3 is 0 Å². The number of thiophene rings is 1. The summed E-state index contributed by atoms with van der Waals surface area (Å²) in [6.07, 6.45) is 5.13. The second-order valence-corrected chi connectivity index (χ2v) is 11.0. The van der Waals surface area contributed by atoms with Gasteiger partial charge in [-0.3, -0.25) is 9.59 Å². The van der Waals surface area contributed by atoms with Crippen LogP contribution in [0.4, 0.5) is 0 Å². The smallest absolute Gasteiger partial charge is 0.227 e. The first-order valence-corrected chi connectivity index (χ1v) is 13.5. The van der Waals surface area contributed by atoms with Gasteiger partial charge in [0.2, 0.25) is 11.8 Å². The molecule has 0 aliphatic carbocycles. The zero-order valence-corrected chi connectivity index (χ0v) is 20.4. The van der Waals surface area contributed by atoms with Crippen molar-refractivity contribution in [1.29, 1.82) is 0 Å². The van der Waals surface area contributed by atoms with Gasteiger partial charge in [-0.1, -0.05) is 36.4 Å². The maximum absolute atomic E-state index is 13.2. The molecule has 2 aliphatic heterocycles. The van der Waals surface area contributed by atoms with Gasteiger partial charge in [0, 0.05) is 43.0 Å². The van der Waals surface area contributed by atoms with E-state index in [2.05, 4.69) is 23.6 Å². The molecule has 4 heterocycles. The Labute approximate surface area is 203 Å². The van der Waals surface area contributed by atoms with Crippen molar-refractivity contribution in [2.24, 2.45) is 5.92 Å². The van der Waals surface area contributed by atoms with E-state index >= 15 is 0 Å². The first kappa shape index (κ1) is 22.3. The molecule has 1 aromatic carbocycles. The summed E-state index contributed by atoms with van der Waals surface area (Å²) < 4.78 is 0. The molecule has 2 aliphatic rings. The van der Waals surface area contributed by atoms with Crippen LogP contribution in [-0.2, 0) is 16.0 Å². The summed E-state index contributed by atoms with van der Waals surface area (Å²) in [7, 11) is 0. The van der Waals surface area contributed by atoms with E-state index in [0.29, 0.717) is 24.7 Å². The number of nitrogens with zero attached hydrogens (tertiary/aromatic N) is 3. The summed E-state index contributed by atoms with van der Waals surface area (Å²) in [5.41, 5.74) is 2.02. The summed E-state index contributed by atoms with van der Waals surface area (Å²) in [5, 5.41) is 3.01. The van der Waals surface area contributed by atoms with Crippen LogP contribution in [0, 0.1) is 5.92 Å². The molecule has 5 nitrogen and oxygen atoms in total. The number of likely N-dealkylation sites (tertiary alicyclic amines) is 2. The van der Waals surface area contributed by atoms with Crippen LogP contribution in [0.1, 0.15) is 37.0 Å². The molecule has 0 unspecified atom stereocenters. The lowest BCUT2D eigenvalue weighted by molar-refractivity contribution is -0.133. The molecule has 2 fully saturated rings. The van der Waals surface area contributed by atoms with Gasteiger partial charge in [0.25, 0.3) is 0 Å². The second kappa shape index (κ2) is 10.2. The fraction of sp³-hybridized carbons (Fsp3) is 0.423. The highest BCUT2D eigenvalue weighted by Crippen LogP contribution is 2.36. The Balaban J connectivity index is 1.23. The number of amides is 2. The predicted octanol–water partition coefficient (Wildman–Crippen LogP) is 5.33. The molecule has 0 N–H and O–H groups in total. The summed E-state index contributed by atoms with van der Waals surface area (Å²) in [6.45, 7) is 3.33. The van der Waals surface area contributed by atoms with Crippen molar-refractivity contribution in [2.45, 2.75) is 38.5 Å². The number of benzene rings is 1. The Morgan fingerprint density at radius 3 is 2.33 bits per heavy atom. The predicted molar refractivity (Wildman–Crippen MR) is 134 cm³/mol. The minimum atomic E-state index is 0.167. The fourth-order valence-electron chi connectivity index (χ4n) is 4.76. The van der Waals surface area contributed by atoms with Crippen LogP contribution in [0.15, 0.2) is 47.8 Å². The molecule has 0 spiro atoms. The van der Waals surface area contributed by atoms with Crippen LogP contribution in [0.25, 0.3) is 21.1 Å². The van der Waals surface area contributed by atoms with E-state index in [9.17, 15) is 9.59 Å². The van der Waals surface area contributed by atoms with Crippen molar-refractivity contribution in [3.63, 3.8) is 0 Å². The molecule has 3 aromatic rings. The number of piperidine rings is 1. The summed E-state index contributed by atoms with van der Waals surface area (Å²) in [6, 6.07) is 14.3. The van der Waals surface area contributed by atoms with Crippen molar-refractivity contribution >= 4 is 34.5 Å². The molecule has 5 rings (SSSR count). The minimum absolute atomic E-state index is 0.167. The molecular weight excluding hydrogens is 450 g/mol. The number of hydrogen-bond acceptors (Lipinski definition) is 5. The van der Waals surface area contributed by atoms with Crippen molar-refractivity contribution in [3.05, 3.63) is 52.7 Å². The molecule has 2 aromatic heterocycles. The van der Waals surface area contributed by atoms with Crippen molar-refractivity contribution in [2.75, 3.05) is 26.2 Å². The van der Waals surface area contributed by atoms with Crippen LogP contribution in [0.5, 0.6) is 0 Å². The Morgan fingerprint density at radius 1 is 0.909 bits per heavy atom. The van der Waals surface area contributed by atoms with Gasteiger partial charge in [-0.15, -0.1) is 22.7 Å². The van der Waals surface area contributed by atoms with E-state index in [-0.39, 0.29) is 5.91 Å². The Bertz CT molecular complexity index is 1080. The number of aromatic nitrogens is 1. The highest BCUT2D eigenvalue weighted by Gasteiger charge is 2.28. The number of thiazole rings is 1. The third kappa shape index (κ3) is 5.20. The van der Waals surface area contributed by atoms with Gasteiger partial charge in [0.1, 0.15) is 5.01 Å². The Hall–Kier alpha value is -2.51. The largest absolute Gasteiger partial charge is 0.343 e. The quantitative estimate of drug-likeness (QED) is 0.480. The lowest BCUT2D eigenvalue weighted by Gasteiger charge is -2.32. The van der Waals surface area contributed by atoms with Crippen molar-refractivity contribution in [1.82, 2.24) is 14.8 Å². The van der Waals surface area contributed by atoms with E-state index < -0.39 is 0 Å². The standard InChI is InChI=1S/C26H29N3O2S2/c30-23(28-12-4-5-13-28)17-19-10-14-29(15-11-19)24(31)18-22-25(21-9-6-16-32-21)27-26(33-22)20-7-2-1-3-8-20/h1-3,6-9,16,19H,4-5,10-15,17-18H2. The van der Waals surface area contributed by atoms with Gasteiger partial charge < -0.3 is 9.80 Å². The summed E-state index contributed by atoms with van der Waals surface area (Å²) >= 11 is 3.29. The van der Waals surface area contributed by atoms with Gasteiger partial charge in [0.05, 0.1) is 17.0 Å². The van der Waals surface area contributed by atoms with Gasteiger partial charge in [-0.05, 0) is 43.0 Å². The van der Waals surface area contributed by atoms with Crippen molar-refractivity contribution < 1.29 is 9.59 Å². The topological polar surface area (TPSA) is 53.5 Å². The number of carbonyl (C=O) groups is 2. The number of rotatable bonds is 6. The van der Waals surface area contributed by atoms with E-state index in [4.69, 9.17) is 4.98 Å². The van der Waals surface area contributed by atoms with E-state index in [1.54, 1.807) is 22.7 Å². The fourth-order valence-corrected chi connectivity index (χ4v) is 6.64. The molecule has 0 bridgehead atoms. The SMILES string of the molecule is O=C(Cc1sc(-c2ccccc2)nc1-c1cccs1)N1CCC(CC(=O)N2CCCC2)CC1. The maximum atomic E-state index is 13.2. The molecule has 33 heavy (non-hydrogen) atoms. The molecule has 2 amide bonds. The number of carbonyl (C=O) groups excluding carboxylic acids is 2. The molecule has 0 radical (unpaired) electrons. The second-order valence-electron chi connectivity index (χ2n) is 8.93. The van der Waals surface area contributed by atoms with Crippen LogP contribution in [0.3, 0.4) is 0 Å². The molecule has 2 saturated heterocycles. The van der Waals surface area contributed by atoms with Crippen LogP contribution >= 0.6 is 22.7 Å². The average Bonchev–Trinajstić information content (AvgIpc) is 3.62. The van der Waals surface area contributed by atoms with E-state index in [1.165, 1.54) is 0 Å². The third-order valence-electron chi connectivity index (χ3n) is 6.67. The molecular formula is C26H29N3O2S2. The van der Waals surface area contributed by atoms with Crippen LogP contribution < -0.4 is 0 Å². The highest BCUT2D eigenvalue weighted by atomic mass is 32.1. The normalized spacial score (nSPS) is 17.0. The van der Waals surface area contributed by atoms with Crippen LogP contribution in [0.2, 0.25) is 0 Å². The van der Waals surface area contributed by atoms with Gasteiger partial charge in [-0.25, -0.2) is 4.98 Å². The zero-order valence-electron chi connectivity index (χ0n) is 18.7. The monoisotopic (exact) mass is 479 g/mol. The van der Waals surface area contributed by atoms with E-state index in [1.807, 2.05) is 34.1 Å². The lowest BCUT2D eigenvalue weighted by atomic mass is 9.92. The Kier molecular flexibility index (Phi) is 6.88. The Morgan fingerprint density at radius 2 is 1.64 bits per heavy atom. The van der Waals surface area contributed by atoms with Crippen LogP contribution in [-0.4, -0.2) is 52.8 Å². The van der Waals surface area contributed by atoms with Gasteiger partial charge in [-0.2, -0.15) is 0 Å². The maximum Gasteiger partial charge on any atom is 0.227 e. The summed E-state index contributed by atoms with van der Waals surface area (Å²) in [4.78, 5) is 36.7.